The molecular formula is C18H35O3P. The van der Waals surface area contributed by atoms with Crippen LogP contribution < -0.4 is 0 Å². The van der Waals surface area contributed by atoms with Gasteiger partial charge in [-0.2, -0.15) is 0 Å². The van der Waals surface area contributed by atoms with E-state index in [-0.39, 0.29) is 6.10 Å². The molecule has 0 aromatic heterocycles. The fourth-order valence-electron chi connectivity index (χ4n) is 4.54. The molecule has 1 atom stereocenters. The van der Waals surface area contributed by atoms with Crippen LogP contribution in [0.15, 0.2) is 0 Å². The van der Waals surface area contributed by atoms with Crippen LogP contribution in [0, 0.1) is 11.8 Å². The van der Waals surface area contributed by atoms with E-state index in [9.17, 15) is 4.57 Å². The SMILES string of the molecule is C1CCC(C2CCCCC2)CC1.O=[PH](O)OC1CCCCC1. The maximum Gasteiger partial charge on any atom is 0.316 e. The summed E-state index contributed by atoms with van der Waals surface area (Å²) >= 11 is 0. The van der Waals surface area contributed by atoms with Gasteiger partial charge in [-0.25, -0.2) is 0 Å². The van der Waals surface area contributed by atoms with E-state index in [4.69, 9.17) is 9.42 Å². The second kappa shape index (κ2) is 10.8. The third-order valence-electron chi connectivity index (χ3n) is 5.79. The van der Waals surface area contributed by atoms with Crippen molar-refractivity contribution in [1.82, 2.24) is 0 Å². The van der Waals surface area contributed by atoms with Gasteiger partial charge in [-0.1, -0.05) is 83.5 Å². The summed E-state index contributed by atoms with van der Waals surface area (Å²) in [5.74, 6) is 2.28. The Morgan fingerprint density at radius 2 is 1.00 bits per heavy atom. The van der Waals surface area contributed by atoms with E-state index in [1.54, 1.807) is 25.7 Å². The second-order valence-electron chi connectivity index (χ2n) is 7.44. The summed E-state index contributed by atoms with van der Waals surface area (Å²) in [6.07, 6.45) is 20.9. The third kappa shape index (κ3) is 7.15. The van der Waals surface area contributed by atoms with Gasteiger partial charge < -0.3 is 9.42 Å². The van der Waals surface area contributed by atoms with E-state index < -0.39 is 8.25 Å². The molecule has 3 aliphatic rings. The molecule has 0 aromatic rings. The van der Waals surface area contributed by atoms with Gasteiger partial charge >= 0.3 is 8.25 Å². The van der Waals surface area contributed by atoms with E-state index in [0.29, 0.717) is 0 Å². The molecule has 0 spiro atoms. The Bertz CT molecular complexity index is 287. The lowest BCUT2D eigenvalue weighted by Gasteiger charge is -2.32. The molecule has 3 nitrogen and oxygen atoms in total. The summed E-state index contributed by atoms with van der Waals surface area (Å²) in [6, 6.07) is 0. The van der Waals surface area contributed by atoms with Crippen molar-refractivity contribution in [2.45, 2.75) is 102 Å². The molecule has 0 radical (unpaired) electrons. The Hall–Kier alpha value is 0.150. The molecule has 3 saturated carbocycles. The molecule has 0 bridgehead atoms. The van der Waals surface area contributed by atoms with Crippen LogP contribution in [0.2, 0.25) is 0 Å². The summed E-state index contributed by atoms with van der Waals surface area (Å²) < 4.78 is 15.0. The van der Waals surface area contributed by atoms with Crippen LogP contribution in [0.4, 0.5) is 0 Å². The maximum atomic E-state index is 10.2. The maximum absolute atomic E-state index is 10.2. The first-order valence-electron chi connectivity index (χ1n) is 9.65. The van der Waals surface area contributed by atoms with Gasteiger partial charge in [0.2, 0.25) is 0 Å². The zero-order valence-corrected chi connectivity index (χ0v) is 15.1. The minimum absolute atomic E-state index is 0.0603. The highest BCUT2D eigenvalue weighted by Gasteiger charge is 2.24. The van der Waals surface area contributed by atoms with Crippen molar-refractivity contribution in [2.24, 2.45) is 11.8 Å². The molecule has 4 heteroatoms. The zero-order valence-electron chi connectivity index (χ0n) is 14.1. The van der Waals surface area contributed by atoms with Crippen LogP contribution in [-0.4, -0.2) is 11.0 Å². The van der Waals surface area contributed by atoms with Gasteiger partial charge in [-0.3, -0.25) is 4.57 Å². The first-order chi connectivity index (χ1) is 10.8. The Balaban J connectivity index is 0.000000164. The van der Waals surface area contributed by atoms with Gasteiger partial charge in [0.05, 0.1) is 6.10 Å². The molecule has 0 aromatic carbocycles. The van der Waals surface area contributed by atoms with Crippen LogP contribution in [0.3, 0.4) is 0 Å². The molecule has 1 N–H and O–H groups in total. The standard InChI is InChI=1S/C12H22.C6H13O3P/c1-3-7-11(8-4-1)12-9-5-2-6-10-12;7-10(8)9-6-4-2-1-3-5-6/h11-12H,1-10H2;6,10H,1-5H2,(H,7,8). The fourth-order valence-corrected chi connectivity index (χ4v) is 5.06. The van der Waals surface area contributed by atoms with Gasteiger partial charge in [0.15, 0.2) is 0 Å². The van der Waals surface area contributed by atoms with Gasteiger partial charge in [0.1, 0.15) is 0 Å². The van der Waals surface area contributed by atoms with E-state index >= 15 is 0 Å². The van der Waals surface area contributed by atoms with Gasteiger partial charge in [0.25, 0.3) is 0 Å². The van der Waals surface area contributed by atoms with Crippen molar-refractivity contribution in [3.05, 3.63) is 0 Å². The van der Waals surface area contributed by atoms with E-state index in [1.807, 2.05) is 0 Å². The largest absolute Gasteiger partial charge is 0.326 e. The Morgan fingerprint density at radius 1 is 0.636 bits per heavy atom. The van der Waals surface area contributed by atoms with Crippen LogP contribution in [0.1, 0.15) is 96.3 Å². The lowest BCUT2D eigenvalue weighted by atomic mass is 9.73. The second-order valence-corrected chi connectivity index (χ2v) is 8.21. The number of rotatable bonds is 3. The molecule has 3 aliphatic carbocycles. The highest BCUT2D eigenvalue weighted by molar-refractivity contribution is 7.32. The Morgan fingerprint density at radius 3 is 1.36 bits per heavy atom. The normalized spacial score (nSPS) is 27.0. The van der Waals surface area contributed by atoms with Crippen molar-refractivity contribution < 1.29 is 14.0 Å². The molecule has 1 unspecified atom stereocenters. The fraction of sp³-hybridized carbons (Fsp3) is 1.00. The quantitative estimate of drug-likeness (QED) is 0.659. The van der Waals surface area contributed by atoms with Gasteiger partial charge in [-0.05, 0) is 24.7 Å². The highest BCUT2D eigenvalue weighted by Crippen LogP contribution is 2.37. The smallest absolute Gasteiger partial charge is 0.316 e. The lowest BCUT2D eigenvalue weighted by Crippen LogP contribution is -2.20. The van der Waals surface area contributed by atoms with Crippen molar-refractivity contribution in [3.63, 3.8) is 0 Å². The third-order valence-corrected chi connectivity index (χ3v) is 6.32. The predicted octanol–water partition coefficient (Wildman–Crippen LogP) is 5.86. The van der Waals surface area contributed by atoms with Crippen molar-refractivity contribution >= 4 is 8.25 Å². The summed E-state index contributed by atoms with van der Waals surface area (Å²) in [6.45, 7) is 0. The van der Waals surface area contributed by atoms with Crippen molar-refractivity contribution in [2.75, 3.05) is 0 Å². The summed E-state index contributed by atoms with van der Waals surface area (Å²) in [7, 11) is -2.68. The first-order valence-corrected chi connectivity index (χ1v) is 10.9. The van der Waals surface area contributed by atoms with Crippen LogP contribution in [0.25, 0.3) is 0 Å². The minimum atomic E-state index is -2.68. The average molecular weight is 330 g/mol. The molecule has 3 rings (SSSR count). The Kier molecular flexibility index (Phi) is 9.11. The summed E-state index contributed by atoms with van der Waals surface area (Å²) in [4.78, 5) is 8.43. The van der Waals surface area contributed by atoms with Gasteiger partial charge in [0, 0.05) is 0 Å². The molecule has 0 saturated heterocycles. The summed E-state index contributed by atoms with van der Waals surface area (Å²) in [5.41, 5.74) is 0. The van der Waals surface area contributed by atoms with Crippen molar-refractivity contribution in [3.8, 4) is 0 Å². The molecule has 0 amide bonds. The topological polar surface area (TPSA) is 46.5 Å². The average Bonchev–Trinajstić information content (AvgIpc) is 2.57. The van der Waals surface area contributed by atoms with Crippen LogP contribution in [0.5, 0.6) is 0 Å². The molecule has 130 valence electrons. The minimum Gasteiger partial charge on any atom is -0.326 e. The van der Waals surface area contributed by atoms with Gasteiger partial charge in [-0.15, -0.1) is 0 Å². The summed E-state index contributed by atoms with van der Waals surface area (Å²) in [5, 5.41) is 0. The monoisotopic (exact) mass is 330 g/mol. The number of hydrogen-bond donors (Lipinski definition) is 1. The highest BCUT2D eigenvalue weighted by atomic mass is 31.1. The van der Waals surface area contributed by atoms with Crippen LogP contribution in [-0.2, 0) is 9.09 Å². The van der Waals surface area contributed by atoms with E-state index in [1.165, 1.54) is 44.9 Å². The number of hydrogen-bond acceptors (Lipinski definition) is 2. The molecule has 3 fully saturated rings. The van der Waals surface area contributed by atoms with Crippen LogP contribution >= 0.6 is 8.25 Å². The molecule has 22 heavy (non-hydrogen) atoms. The zero-order chi connectivity index (χ0) is 15.6. The van der Waals surface area contributed by atoms with E-state index in [2.05, 4.69) is 0 Å². The molecule has 0 aliphatic heterocycles. The molecule has 0 heterocycles. The predicted molar refractivity (Wildman–Crippen MR) is 92.3 cm³/mol. The van der Waals surface area contributed by atoms with Crippen molar-refractivity contribution in [1.29, 1.82) is 0 Å². The Labute approximate surface area is 137 Å². The lowest BCUT2D eigenvalue weighted by molar-refractivity contribution is 0.147. The molecular weight excluding hydrogens is 295 g/mol. The van der Waals surface area contributed by atoms with E-state index in [0.717, 1.165) is 37.5 Å². The first kappa shape index (κ1) is 18.5.